The number of rotatable bonds is 2. The van der Waals surface area contributed by atoms with Crippen molar-refractivity contribution in [1.82, 2.24) is 19.5 Å². The number of hydrogen-bond donors (Lipinski definition) is 1. The standard InChI is InChI=1S/C11H9FN2O.C8H5FN2O/c1-2-5-14-10-6-8(12)7-13-9(10)3-4-11(14)15;9-5-3-7-6(10-4-5)1-2-8(12)11-7/h2-4,6-7H,1,5H2;1-4H,(H,11,12). The van der Waals surface area contributed by atoms with Crippen molar-refractivity contribution >= 4 is 22.1 Å². The number of fused-ring (bicyclic) bond motifs is 2. The van der Waals surface area contributed by atoms with Gasteiger partial charge in [-0.25, -0.2) is 8.78 Å². The molecule has 136 valence electrons. The molecular weight excluding hydrogens is 354 g/mol. The topological polar surface area (TPSA) is 80.6 Å². The van der Waals surface area contributed by atoms with Gasteiger partial charge < -0.3 is 9.55 Å². The lowest BCUT2D eigenvalue weighted by Crippen LogP contribution is -2.18. The van der Waals surface area contributed by atoms with Gasteiger partial charge in [0.05, 0.1) is 34.5 Å². The molecule has 0 aromatic carbocycles. The van der Waals surface area contributed by atoms with E-state index < -0.39 is 11.6 Å². The summed E-state index contributed by atoms with van der Waals surface area (Å²) < 4.78 is 27.0. The molecule has 8 heteroatoms. The second-order valence-corrected chi connectivity index (χ2v) is 5.54. The number of allylic oxidation sites excluding steroid dienone is 1. The summed E-state index contributed by atoms with van der Waals surface area (Å²) in [6.07, 6.45) is 3.83. The lowest BCUT2D eigenvalue weighted by Gasteiger charge is -2.06. The van der Waals surface area contributed by atoms with E-state index in [2.05, 4.69) is 21.5 Å². The molecule has 1 N–H and O–H groups in total. The number of halogens is 2. The average molecular weight is 368 g/mol. The molecule has 4 heterocycles. The van der Waals surface area contributed by atoms with Gasteiger partial charge in [-0.3, -0.25) is 19.6 Å². The molecule has 4 aromatic rings. The van der Waals surface area contributed by atoms with Crippen molar-refractivity contribution in [3.8, 4) is 0 Å². The van der Waals surface area contributed by atoms with Crippen LogP contribution in [0.25, 0.3) is 22.1 Å². The van der Waals surface area contributed by atoms with Crippen molar-refractivity contribution in [3.63, 3.8) is 0 Å². The predicted octanol–water partition coefficient (Wildman–Crippen LogP) is 2.78. The minimum atomic E-state index is -0.454. The fourth-order valence-electron chi connectivity index (χ4n) is 2.47. The molecule has 27 heavy (non-hydrogen) atoms. The number of aromatic nitrogens is 4. The minimum absolute atomic E-state index is 0.185. The Hall–Kier alpha value is -3.68. The van der Waals surface area contributed by atoms with Crippen molar-refractivity contribution in [2.75, 3.05) is 0 Å². The van der Waals surface area contributed by atoms with Gasteiger partial charge in [-0.15, -0.1) is 6.58 Å². The van der Waals surface area contributed by atoms with Gasteiger partial charge in [0.1, 0.15) is 11.6 Å². The Bertz CT molecular complexity index is 1250. The summed E-state index contributed by atoms with van der Waals surface area (Å²) in [5.41, 5.74) is 1.64. The fourth-order valence-corrected chi connectivity index (χ4v) is 2.47. The lowest BCUT2D eigenvalue weighted by molar-refractivity contribution is 0.622. The third kappa shape index (κ3) is 4.12. The van der Waals surface area contributed by atoms with Crippen LogP contribution in [-0.4, -0.2) is 19.5 Å². The second-order valence-electron chi connectivity index (χ2n) is 5.54. The number of nitrogens with one attached hydrogen (secondary N) is 1. The van der Waals surface area contributed by atoms with Crippen LogP contribution in [0.4, 0.5) is 8.78 Å². The molecule has 0 saturated heterocycles. The number of nitrogens with zero attached hydrogens (tertiary/aromatic N) is 3. The average Bonchev–Trinajstić information content (AvgIpc) is 2.64. The van der Waals surface area contributed by atoms with E-state index in [0.717, 1.165) is 12.4 Å². The van der Waals surface area contributed by atoms with Crippen molar-refractivity contribution in [3.05, 3.63) is 93.8 Å². The smallest absolute Gasteiger partial charge is 0.251 e. The largest absolute Gasteiger partial charge is 0.321 e. The van der Waals surface area contributed by atoms with Crippen molar-refractivity contribution in [1.29, 1.82) is 0 Å². The Morgan fingerprint density at radius 1 is 1.00 bits per heavy atom. The molecule has 0 aliphatic rings. The molecule has 0 saturated carbocycles. The van der Waals surface area contributed by atoms with E-state index in [1.54, 1.807) is 18.2 Å². The van der Waals surface area contributed by atoms with Gasteiger partial charge in [0, 0.05) is 30.8 Å². The van der Waals surface area contributed by atoms with E-state index in [1.165, 1.54) is 28.8 Å². The lowest BCUT2D eigenvalue weighted by atomic mass is 10.3. The maximum Gasteiger partial charge on any atom is 0.251 e. The van der Waals surface area contributed by atoms with Crippen molar-refractivity contribution in [2.45, 2.75) is 6.54 Å². The Kier molecular flexibility index (Phi) is 5.16. The third-order valence-corrected chi connectivity index (χ3v) is 3.65. The number of aromatic amines is 1. The van der Waals surface area contributed by atoms with Gasteiger partial charge >= 0.3 is 0 Å². The van der Waals surface area contributed by atoms with Crippen molar-refractivity contribution in [2.24, 2.45) is 0 Å². The van der Waals surface area contributed by atoms with E-state index in [1.807, 2.05) is 0 Å². The fraction of sp³-hybridized carbons (Fsp3) is 0.0526. The molecule has 0 aliphatic heterocycles. The normalized spacial score (nSPS) is 10.4. The number of H-pyrrole nitrogens is 1. The monoisotopic (exact) mass is 368 g/mol. The van der Waals surface area contributed by atoms with Crippen LogP contribution in [0.1, 0.15) is 0 Å². The maximum atomic E-state index is 13.0. The molecule has 0 aliphatic carbocycles. The van der Waals surface area contributed by atoms with Crippen LogP contribution >= 0.6 is 0 Å². The molecule has 0 atom stereocenters. The van der Waals surface area contributed by atoms with Crippen LogP contribution in [-0.2, 0) is 6.54 Å². The molecule has 0 amide bonds. The van der Waals surface area contributed by atoms with Gasteiger partial charge in [0.2, 0.25) is 5.56 Å². The van der Waals surface area contributed by atoms with Gasteiger partial charge in [-0.05, 0) is 12.1 Å². The zero-order valence-electron chi connectivity index (χ0n) is 14.0. The molecule has 0 unspecified atom stereocenters. The highest BCUT2D eigenvalue weighted by Gasteiger charge is 2.03. The summed E-state index contributed by atoms with van der Waals surface area (Å²) in [6.45, 7) is 3.90. The van der Waals surface area contributed by atoms with Crippen LogP contribution < -0.4 is 11.1 Å². The highest BCUT2D eigenvalue weighted by molar-refractivity contribution is 5.74. The van der Waals surface area contributed by atoms with Crippen LogP contribution in [0, 0.1) is 11.6 Å². The zero-order chi connectivity index (χ0) is 19.4. The first-order valence-electron chi connectivity index (χ1n) is 7.88. The molecule has 6 nitrogen and oxygen atoms in total. The number of pyridine rings is 4. The Morgan fingerprint density at radius 3 is 2.41 bits per heavy atom. The Morgan fingerprint density at radius 2 is 1.67 bits per heavy atom. The van der Waals surface area contributed by atoms with Crippen LogP contribution in [0.2, 0.25) is 0 Å². The van der Waals surface area contributed by atoms with E-state index in [0.29, 0.717) is 28.6 Å². The predicted molar refractivity (Wildman–Crippen MR) is 98.5 cm³/mol. The van der Waals surface area contributed by atoms with Crippen molar-refractivity contribution < 1.29 is 8.78 Å². The van der Waals surface area contributed by atoms with Gasteiger partial charge in [-0.2, -0.15) is 0 Å². The SMILES string of the molecule is C=CCn1c(=O)ccc2ncc(F)cc21.O=c1ccc2ncc(F)cc2[nH]1. The van der Waals surface area contributed by atoms with Crippen LogP contribution in [0.3, 0.4) is 0 Å². The second kappa shape index (κ2) is 7.69. The molecule has 4 rings (SSSR count). The van der Waals surface area contributed by atoms with E-state index in [-0.39, 0.29) is 11.1 Å². The molecule has 0 bridgehead atoms. The van der Waals surface area contributed by atoms with Crippen LogP contribution in [0.15, 0.2) is 71.0 Å². The summed E-state index contributed by atoms with van der Waals surface area (Å²) in [6, 6.07) is 8.44. The van der Waals surface area contributed by atoms with E-state index in [4.69, 9.17) is 0 Å². The van der Waals surface area contributed by atoms with Gasteiger partial charge in [0.15, 0.2) is 0 Å². The first-order chi connectivity index (χ1) is 13.0. The first-order valence-corrected chi connectivity index (χ1v) is 7.88. The first kappa shape index (κ1) is 18.1. The maximum absolute atomic E-state index is 13.0. The quantitative estimate of drug-likeness (QED) is 0.552. The van der Waals surface area contributed by atoms with Gasteiger partial charge in [0.25, 0.3) is 5.56 Å². The molecule has 0 fully saturated rings. The minimum Gasteiger partial charge on any atom is -0.321 e. The molecule has 4 aromatic heterocycles. The summed E-state index contributed by atoms with van der Waals surface area (Å²) in [4.78, 5) is 32.4. The summed E-state index contributed by atoms with van der Waals surface area (Å²) in [5, 5.41) is 0. The zero-order valence-corrected chi connectivity index (χ0v) is 14.0. The molecular formula is C19H14F2N4O2. The summed E-state index contributed by atoms with van der Waals surface area (Å²) >= 11 is 0. The van der Waals surface area contributed by atoms with E-state index >= 15 is 0 Å². The van der Waals surface area contributed by atoms with E-state index in [9.17, 15) is 18.4 Å². The Balaban J connectivity index is 0.000000159. The number of hydrogen-bond acceptors (Lipinski definition) is 4. The summed E-state index contributed by atoms with van der Waals surface area (Å²) in [5.74, 6) is -0.907. The molecule has 0 spiro atoms. The van der Waals surface area contributed by atoms with Crippen LogP contribution in [0.5, 0.6) is 0 Å². The highest BCUT2D eigenvalue weighted by atomic mass is 19.1. The highest BCUT2D eigenvalue weighted by Crippen LogP contribution is 2.10. The Labute approximate surface area is 151 Å². The molecule has 0 radical (unpaired) electrons. The summed E-state index contributed by atoms with van der Waals surface area (Å²) in [7, 11) is 0. The third-order valence-electron chi connectivity index (χ3n) is 3.65. The van der Waals surface area contributed by atoms with Gasteiger partial charge in [-0.1, -0.05) is 6.08 Å².